The molecule has 5 rings (SSSR count). The summed E-state index contributed by atoms with van der Waals surface area (Å²) in [7, 11) is 1.57. The molecule has 2 amide bonds. The number of likely N-dealkylation sites (tertiary alicyclic amines) is 1. The van der Waals surface area contributed by atoms with E-state index in [0.717, 1.165) is 42.7 Å². The first-order valence-electron chi connectivity index (χ1n) is 13.4. The van der Waals surface area contributed by atoms with Gasteiger partial charge in [-0.05, 0) is 91.1 Å². The number of carbonyl (C=O) groups is 2. The van der Waals surface area contributed by atoms with Crippen LogP contribution in [0.2, 0.25) is 0 Å². The third-order valence-corrected chi connectivity index (χ3v) is 6.82. The second kappa shape index (κ2) is 12.8. The molecule has 0 atom stereocenters. The topological polar surface area (TPSA) is 85.2 Å². The van der Waals surface area contributed by atoms with Crippen molar-refractivity contribution in [2.75, 3.05) is 20.2 Å². The molecule has 1 saturated heterocycles. The molecule has 0 spiro atoms. The molecule has 8 nitrogen and oxygen atoms in total. The lowest BCUT2D eigenvalue weighted by Gasteiger charge is -2.26. The van der Waals surface area contributed by atoms with Gasteiger partial charge < -0.3 is 18.9 Å². The number of aromatic nitrogens is 1. The van der Waals surface area contributed by atoms with E-state index >= 15 is 0 Å². The van der Waals surface area contributed by atoms with Crippen molar-refractivity contribution >= 4 is 18.0 Å². The monoisotopic (exact) mass is 536 g/mol. The number of piperidine rings is 1. The molecule has 8 heteroatoms. The van der Waals surface area contributed by atoms with Crippen molar-refractivity contribution in [2.24, 2.45) is 5.10 Å². The third-order valence-electron chi connectivity index (χ3n) is 6.82. The average Bonchev–Trinajstić information content (AvgIpc) is 3.56. The molecule has 4 aromatic rings. The van der Waals surface area contributed by atoms with Gasteiger partial charge in [0.15, 0.2) is 11.5 Å². The van der Waals surface area contributed by atoms with E-state index in [1.807, 2.05) is 76.5 Å². The van der Waals surface area contributed by atoms with E-state index in [-0.39, 0.29) is 11.8 Å². The first-order chi connectivity index (χ1) is 19.6. The van der Waals surface area contributed by atoms with Gasteiger partial charge in [0.05, 0.1) is 13.3 Å². The Morgan fingerprint density at radius 2 is 1.65 bits per heavy atom. The van der Waals surface area contributed by atoms with Crippen molar-refractivity contribution < 1.29 is 19.1 Å². The number of nitrogens with one attached hydrogen (secondary N) is 1. The number of carbonyl (C=O) groups excluding carboxylic acids is 2. The van der Waals surface area contributed by atoms with Crippen molar-refractivity contribution in [3.05, 3.63) is 114 Å². The third kappa shape index (κ3) is 6.58. The summed E-state index contributed by atoms with van der Waals surface area (Å²) in [6.07, 6.45) is 8.73. The zero-order valence-electron chi connectivity index (χ0n) is 22.5. The summed E-state index contributed by atoms with van der Waals surface area (Å²) < 4.78 is 13.4. The van der Waals surface area contributed by atoms with Crippen LogP contribution in [0, 0.1) is 0 Å². The largest absolute Gasteiger partial charge is 0.493 e. The predicted molar refractivity (Wildman–Crippen MR) is 154 cm³/mol. The maximum Gasteiger partial charge on any atom is 0.271 e. The number of hydrogen-bond donors (Lipinski definition) is 1. The average molecular weight is 537 g/mol. The lowest BCUT2D eigenvalue weighted by atomic mass is 10.1. The number of rotatable bonds is 9. The van der Waals surface area contributed by atoms with Gasteiger partial charge >= 0.3 is 0 Å². The van der Waals surface area contributed by atoms with Gasteiger partial charge in [0.1, 0.15) is 6.61 Å². The zero-order valence-corrected chi connectivity index (χ0v) is 22.5. The highest BCUT2D eigenvalue weighted by Gasteiger charge is 2.18. The molecule has 1 aromatic heterocycles. The molecule has 0 unspecified atom stereocenters. The SMILES string of the molecule is COc1cc(/C=N/NC(=O)c2cccc(-n3cccc3)c2)ccc1OCc1ccc(C(=O)N2CCCCC2)cc1. The molecule has 2 heterocycles. The van der Waals surface area contributed by atoms with Crippen molar-refractivity contribution in [1.82, 2.24) is 14.9 Å². The highest BCUT2D eigenvalue weighted by molar-refractivity contribution is 5.95. The summed E-state index contributed by atoms with van der Waals surface area (Å²) >= 11 is 0. The molecule has 1 aliphatic heterocycles. The van der Waals surface area contributed by atoms with E-state index < -0.39 is 0 Å². The Balaban J connectivity index is 1.16. The van der Waals surface area contributed by atoms with Gasteiger partial charge in [-0.25, -0.2) is 5.43 Å². The van der Waals surface area contributed by atoms with E-state index in [9.17, 15) is 9.59 Å². The minimum Gasteiger partial charge on any atom is -0.493 e. The van der Waals surface area contributed by atoms with Crippen LogP contribution in [0.5, 0.6) is 11.5 Å². The lowest BCUT2D eigenvalue weighted by Crippen LogP contribution is -2.35. The minimum atomic E-state index is -0.305. The number of ether oxygens (including phenoxy) is 2. The summed E-state index contributed by atoms with van der Waals surface area (Å²) in [5, 5.41) is 4.11. The van der Waals surface area contributed by atoms with Crippen molar-refractivity contribution in [2.45, 2.75) is 25.9 Å². The molecule has 3 aromatic carbocycles. The number of hydrazone groups is 1. The van der Waals surface area contributed by atoms with Crippen LogP contribution in [0.3, 0.4) is 0 Å². The standard InChI is InChI=1S/C32H32N4O4/c1-39-30-20-25(22-33-34-31(37)27-8-7-9-28(21-27)35-16-5-6-17-35)12-15-29(30)40-23-24-10-13-26(14-11-24)32(38)36-18-3-2-4-19-36/h5-17,20-22H,2-4,18-19,23H2,1H3,(H,34,37)/b33-22+. The molecule has 40 heavy (non-hydrogen) atoms. The van der Waals surface area contributed by atoms with Gasteiger partial charge in [-0.3, -0.25) is 9.59 Å². The molecule has 0 saturated carbocycles. The van der Waals surface area contributed by atoms with Gasteiger partial charge in [0, 0.05) is 42.3 Å². The Kier molecular flexibility index (Phi) is 8.56. The summed E-state index contributed by atoms with van der Waals surface area (Å²) in [4.78, 5) is 27.2. The Labute approximate surface area is 233 Å². The van der Waals surface area contributed by atoms with E-state index in [2.05, 4.69) is 10.5 Å². The summed E-state index contributed by atoms with van der Waals surface area (Å²) in [6.45, 7) is 2.00. The number of hydrogen-bond acceptors (Lipinski definition) is 5. The van der Waals surface area contributed by atoms with Crippen LogP contribution in [0.25, 0.3) is 5.69 Å². The summed E-state index contributed by atoms with van der Waals surface area (Å²) in [6, 6.07) is 24.2. The molecule has 0 radical (unpaired) electrons. The van der Waals surface area contributed by atoms with Gasteiger partial charge in [-0.15, -0.1) is 0 Å². The lowest BCUT2D eigenvalue weighted by molar-refractivity contribution is 0.0724. The van der Waals surface area contributed by atoms with Crippen LogP contribution >= 0.6 is 0 Å². The highest BCUT2D eigenvalue weighted by Crippen LogP contribution is 2.28. The molecule has 1 fully saturated rings. The predicted octanol–water partition coefficient (Wildman–Crippen LogP) is 5.45. The number of amides is 2. The highest BCUT2D eigenvalue weighted by atomic mass is 16.5. The van der Waals surface area contributed by atoms with Gasteiger partial charge in [-0.1, -0.05) is 18.2 Å². The number of benzene rings is 3. The van der Waals surface area contributed by atoms with Crippen LogP contribution in [0.1, 0.15) is 51.1 Å². The smallest absolute Gasteiger partial charge is 0.271 e. The maximum atomic E-state index is 12.7. The molecule has 0 bridgehead atoms. The molecular formula is C32H32N4O4. The molecular weight excluding hydrogens is 504 g/mol. The molecule has 1 N–H and O–H groups in total. The quantitative estimate of drug-likeness (QED) is 0.228. The molecule has 1 aliphatic rings. The van der Waals surface area contributed by atoms with E-state index in [0.29, 0.717) is 29.2 Å². The fraction of sp³-hybridized carbons (Fsp3) is 0.219. The normalized spacial score (nSPS) is 13.3. The minimum absolute atomic E-state index is 0.0905. The van der Waals surface area contributed by atoms with Crippen molar-refractivity contribution in [3.8, 4) is 17.2 Å². The maximum absolute atomic E-state index is 12.7. The van der Waals surface area contributed by atoms with Crippen LogP contribution in [0.15, 0.2) is 96.4 Å². The Bertz CT molecular complexity index is 1470. The van der Waals surface area contributed by atoms with E-state index in [1.54, 1.807) is 37.6 Å². The van der Waals surface area contributed by atoms with Gasteiger partial charge in [0.2, 0.25) is 0 Å². The van der Waals surface area contributed by atoms with E-state index in [4.69, 9.17) is 9.47 Å². The Hall–Kier alpha value is -4.85. The summed E-state index contributed by atoms with van der Waals surface area (Å²) in [5.74, 6) is 0.916. The van der Waals surface area contributed by atoms with Crippen LogP contribution < -0.4 is 14.9 Å². The van der Waals surface area contributed by atoms with Crippen molar-refractivity contribution in [1.29, 1.82) is 0 Å². The zero-order chi connectivity index (χ0) is 27.7. The second-order valence-corrected chi connectivity index (χ2v) is 9.59. The second-order valence-electron chi connectivity index (χ2n) is 9.59. The fourth-order valence-electron chi connectivity index (χ4n) is 4.61. The van der Waals surface area contributed by atoms with Crippen LogP contribution in [0.4, 0.5) is 0 Å². The first kappa shape index (κ1) is 26.7. The van der Waals surface area contributed by atoms with Crippen LogP contribution in [-0.4, -0.2) is 47.7 Å². The number of nitrogens with zero attached hydrogens (tertiary/aromatic N) is 3. The molecule has 204 valence electrons. The molecule has 0 aliphatic carbocycles. The number of methoxy groups -OCH3 is 1. The first-order valence-corrected chi connectivity index (χ1v) is 13.4. The fourth-order valence-corrected chi connectivity index (χ4v) is 4.61. The van der Waals surface area contributed by atoms with Crippen molar-refractivity contribution in [3.63, 3.8) is 0 Å². The van der Waals surface area contributed by atoms with Gasteiger partial charge in [-0.2, -0.15) is 5.10 Å². The Morgan fingerprint density at radius 1 is 0.875 bits per heavy atom. The summed E-state index contributed by atoms with van der Waals surface area (Å²) in [5.41, 5.74) is 6.37. The Morgan fingerprint density at radius 3 is 2.40 bits per heavy atom. The van der Waals surface area contributed by atoms with E-state index in [1.165, 1.54) is 6.42 Å². The van der Waals surface area contributed by atoms with Crippen LogP contribution in [-0.2, 0) is 6.61 Å². The van der Waals surface area contributed by atoms with Gasteiger partial charge in [0.25, 0.3) is 11.8 Å².